The second-order valence-corrected chi connectivity index (χ2v) is 14.0. The maximum absolute atomic E-state index is 2.26. The minimum atomic E-state index is -0.0312. The smallest absolute Gasteiger partial charge is 0.0619 e. The number of rotatable bonds is 5. The molecule has 0 nitrogen and oxygen atoms in total. The van der Waals surface area contributed by atoms with Crippen molar-refractivity contribution >= 4 is 10.9 Å². The van der Waals surface area contributed by atoms with Crippen LogP contribution in [-0.2, 0) is 10.9 Å². The minimum Gasteiger partial charge on any atom is -0.0619 e. The van der Waals surface area contributed by atoms with E-state index in [0.29, 0.717) is 0 Å². The van der Waals surface area contributed by atoms with Gasteiger partial charge in [0.1, 0.15) is 0 Å². The normalized spacial score (nSPS) is 10.6. The van der Waals surface area contributed by atoms with Gasteiger partial charge < -0.3 is 0 Å². The van der Waals surface area contributed by atoms with Crippen LogP contribution in [0.1, 0.15) is 22.3 Å². The van der Waals surface area contributed by atoms with Crippen molar-refractivity contribution in [2.24, 2.45) is 0 Å². The van der Waals surface area contributed by atoms with E-state index >= 15 is 0 Å². The summed E-state index contributed by atoms with van der Waals surface area (Å²) in [6.07, 6.45) is 0. The SMILES string of the molecule is Cc1ccc([I+]c2ccc(C)cc2)cc1.Cc1ccc([S+](c2ccccc2)c2ccc(C)cc2)cc1. The highest BCUT2D eigenvalue weighted by atomic mass is 127. The van der Waals surface area contributed by atoms with Gasteiger partial charge in [0.2, 0.25) is 0 Å². The van der Waals surface area contributed by atoms with E-state index in [-0.39, 0.29) is 32.1 Å². The van der Waals surface area contributed by atoms with Gasteiger partial charge in [0, 0.05) is 0 Å². The van der Waals surface area contributed by atoms with E-state index in [4.69, 9.17) is 0 Å². The van der Waals surface area contributed by atoms with Crippen LogP contribution in [0.3, 0.4) is 0 Å². The van der Waals surface area contributed by atoms with E-state index in [2.05, 4.69) is 155 Å². The molecule has 0 aliphatic heterocycles. The average molecular weight is 601 g/mol. The first-order chi connectivity index (χ1) is 17.5. The first-order valence-electron chi connectivity index (χ1n) is 12.2. The molecule has 0 radical (unpaired) electrons. The van der Waals surface area contributed by atoms with Crippen molar-refractivity contribution in [1.82, 2.24) is 0 Å². The predicted molar refractivity (Wildman–Crippen MR) is 151 cm³/mol. The maximum Gasteiger partial charge on any atom is 0.357 e. The Morgan fingerprint density at radius 3 is 1.03 bits per heavy atom. The van der Waals surface area contributed by atoms with Crippen molar-refractivity contribution in [3.63, 3.8) is 0 Å². The largest absolute Gasteiger partial charge is 0.357 e. The maximum atomic E-state index is 2.26. The van der Waals surface area contributed by atoms with Gasteiger partial charge in [-0.05, 0) is 88.4 Å². The van der Waals surface area contributed by atoms with Crippen molar-refractivity contribution < 1.29 is 21.2 Å². The fourth-order valence-corrected chi connectivity index (χ4v) is 7.85. The van der Waals surface area contributed by atoms with Crippen molar-refractivity contribution in [2.45, 2.75) is 42.4 Å². The fraction of sp³-hybridized carbons (Fsp3) is 0.118. The van der Waals surface area contributed by atoms with Gasteiger partial charge in [-0.25, -0.2) is 0 Å². The van der Waals surface area contributed by atoms with Gasteiger partial charge in [0.25, 0.3) is 0 Å². The highest BCUT2D eigenvalue weighted by molar-refractivity contribution is 7.97. The molecule has 36 heavy (non-hydrogen) atoms. The number of halogens is 1. The molecule has 0 unspecified atom stereocenters. The number of aryl methyl sites for hydroxylation is 4. The van der Waals surface area contributed by atoms with Gasteiger partial charge in [-0.1, -0.05) is 89.0 Å². The zero-order valence-corrected chi connectivity index (χ0v) is 24.4. The van der Waals surface area contributed by atoms with E-state index in [9.17, 15) is 0 Å². The highest BCUT2D eigenvalue weighted by Gasteiger charge is 2.28. The Bertz CT molecular complexity index is 1250. The summed E-state index contributed by atoms with van der Waals surface area (Å²) in [6, 6.07) is 46.4. The first-order valence-corrected chi connectivity index (χ1v) is 15.6. The van der Waals surface area contributed by atoms with Crippen LogP contribution < -0.4 is 21.2 Å². The van der Waals surface area contributed by atoms with Crippen LogP contribution in [0.15, 0.2) is 142 Å². The Balaban J connectivity index is 0.000000179. The summed E-state index contributed by atoms with van der Waals surface area (Å²) >= 11 is 0.00313. The third kappa shape index (κ3) is 7.59. The summed E-state index contributed by atoms with van der Waals surface area (Å²) in [5.74, 6) is 0. The van der Waals surface area contributed by atoms with E-state index in [0.717, 1.165) is 0 Å². The molecule has 0 N–H and O–H groups in total. The van der Waals surface area contributed by atoms with Gasteiger partial charge in [-0.3, -0.25) is 0 Å². The quantitative estimate of drug-likeness (QED) is 0.176. The monoisotopic (exact) mass is 600 g/mol. The van der Waals surface area contributed by atoms with Crippen molar-refractivity contribution in [3.8, 4) is 0 Å². The molecule has 0 aliphatic rings. The molecule has 0 fully saturated rings. The molecule has 2 heteroatoms. The van der Waals surface area contributed by atoms with Gasteiger partial charge in [-0.15, -0.1) is 0 Å². The van der Waals surface area contributed by atoms with Crippen LogP contribution in [0, 0.1) is 34.8 Å². The zero-order chi connectivity index (χ0) is 25.3. The molecule has 0 heterocycles. The van der Waals surface area contributed by atoms with E-state index in [1.54, 1.807) is 0 Å². The molecule has 180 valence electrons. The lowest BCUT2D eigenvalue weighted by Gasteiger charge is -2.08. The summed E-state index contributed by atoms with van der Waals surface area (Å²) in [5, 5.41) is 0. The molecule has 0 spiro atoms. The Hall–Kier alpha value is -2.82. The Kier molecular flexibility index (Phi) is 9.43. The highest BCUT2D eigenvalue weighted by Crippen LogP contribution is 2.31. The van der Waals surface area contributed by atoms with Crippen LogP contribution in [0.5, 0.6) is 0 Å². The van der Waals surface area contributed by atoms with E-state index in [1.807, 2.05) is 0 Å². The average Bonchev–Trinajstić information content (AvgIpc) is 2.90. The van der Waals surface area contributed by atoms with E-state index < -0.39 is 0 Å². The predicted octanol–water partition coefficient (Wildman–Crippen LogP) is 5.83. The second-order valence-electron chi connectivity index (χ2n) is 8.93. The van der Waals surface area contributed by atoms with Crippen molar-refractivity contribution in [1.29, 1.82) is 0 Å². The lowest BCUT2D eigenvalue weighted by Crippen LogP contribution is -3.61. The summed E-state index contributed by atoms with van der Waals surface area (Å²) in [6.45, 7) is 8.54. The molecule has 0 atom stereocenters. The Morgan fingerprint density at radius 2 is 0.667 bits per heavy atom. The van der Waals surface area contributed by atoms with Crippen LogP contribution in [0.4, 0.5) is 0 Å². The second kappa shape index (κ2) is 12.9. The molecule has 5 aromatic carbocycles. The van der Waals surface area contributed by atoms with Gasteiger partial charge in [-0.2, -0.15) is 0 Å². The fourth-order valence-electron chi connectivity index (χ4n) is 3.63. The molecule has 0 saturated carbocycles. The van der Waals surface area contributed by atoms with Crippen LogP contribution in [0.25, 0.3) is 0 Å². The minimum absolute atomic E-state index is 0.00313. The van der Waals surface area contributed by atoms with Crippen molar-refractivity contribution in [2.75, 3.05) is 0 Å². The molecular formula is C34H33IS+2. The Labute approximate surface area is 230 Å². The van der Waals surface area contributed by atoms with Crippen LogP contribution in [0.2, 0.25) is 0 Å². The molecule has 0 bridgehead atoms. The van der Waals surface area contributed by atoms with Crippen LogP contribution >= 0.6 is 0 Å². The van der Waals surface area contributed by atoms with Crippen LogP contribution in [-0.4, -0.2) is 0 Å². The lowest BCUT2D eigenvalue weighted by molar-refractivity contribution is -0.597. The van der Waals surface area contributed by atoms with Gasteiger partial charge in [0.05, 0.1) is 10.9 Å². The summed E-state index contributed by atoms with van der Waals surface area (Å²) in [7, 11) is -0.0312. The van der Waals surface area contributed by atoms with E-state index in [1.165, 1.54) is 44.1 Å². The standard InChI is InChI=1S/C20H19S.C14H14I/c1-16-8-12-19(13-9-16)21(18-6-4-3-5-7-18)20-14-10-17(2)11-15-20;1-11-3-7-13(8-4-11)15-14-9-5-12(2)6-10-14/h3-15H,1-2H3;3-10H,1-2H3/q2*+1. The molecule has 0 aromatic heterocycles. The molecular weight excluding hydrogens is 567 g/mol. The zero-order valence-electron chi connectivity index (χ0n) is 21.4. The molecule has 0 amide bonds. The molecule has 0 aliphatic carbocycles. The summed E-state index contributed by atoms with van der Waals surface area (Å²) in [4.78, 5) is 4.11. The topological polar surface area (TPSA) is 0 Å². The number of hydrogen-bond acceptors (Lipinski definition) is 0. The molecule has 0 saturated heterocycles. The van der Waals surface area contributed by atoms with Gasteiger partial charge >= 0.3 is 21.2 Å². The third-order valence-electron chi connectivity index (χ3n) is 5.73. The Morgan fingerprint density at radius 1 is 0.361 bits per heavy atom. The van der Waals surface area contributed by atoms with Crippen molar-refractivity contribution in [3.05, 3.63) is 157 Å². The number of hydrogen-bond donors (Lipinski definition) is 0. The molecule has 5 rings (SSSR count). The summed E-state index contributed by atoms with van der Waals surface area (Å²) in [5.41, 5.74) is 5.29. The van der Waals surface area contributed by atoms with Gasteiger partial charge in [0.15, 0.2) is 21.8 Å². The third-order valence-corrected chi connectivity index (χ3v) is 10.6. The first kappa shape index (κ1) is 26.2. The summed E-state index contributed by atoms with van der Waals surface area (Å²) < 4.78 is 2.98. The lowest BCUT2D eigenvalue weighted by atomic mass is 10.2. The number of benzene rings is 5. The molecule has 5 aromatic rings.